The van der Waals surface area contributed by atoms with Crippen LogP contribution in [0.15, 0.2) is 24.5 Å². The fourth-order valence-corrected chi connectivity index (χ4v) is 1.85. The fourth-order valence-electron chi connectivity index (χ4n) is 1.37. The van der Waals surface area contributed by atoms with Crippen molar-refractivity contribution >= 4 is 15.9 Å². The quantitative estimate of drug-likeness (QED) is 0.630. The fraction of sp³-hybridized carbons (Fsp3) is 0.538. The molecule has 1 N–H and O–H groups in total. The maximum absolute atomic E-state index is 11.4. The van der Waals surface area contributed by atoms with Gasteiger partial charge in [0, 0.05) is 18.1 Å². The van der Waals surface area contributed by atoms with Gasteiger partial charge < -0.3 is 0 Å². The molecule has 0 fully saturated rings. The van der Waals surface area contributed by atoms with Gasteiger partial charge >= 0.3 is 27.6 Å². The Bertz CT molecular complexity index is 671. The molecule has 1 heterocycles. The van der Waals surface area contributed by atoms with E-state index in [0.717, 1.165) is 6.54 Å². The lowest BCUT2D eigenvalue weighted by Gasteiger charge is -2.10. The number of nitrogens with one attached hydrogen (secondary N) is 1. The molecule has 5 nitrogen and oxygen atoms in total. The van der Waals surface area contributed by atoms with Gasteiger partial charge in [-0.15, -0.1) is 0 Å². The maximum Gasteiger partial charge on any atom is 0.516 e. The van der Waals surface area contributed by atoms with Crippen molar-refractivity contribution in [2.45, 2.75) is 44.9 Å². The molecule has 0 aromatic carbocycles. The van der Waals surface area contributed by atoms with Crippen LogP contribution < -0.4 is 9.29 Å². The SMILES string of the molecule is CCCC[n+]1cccc(C)c1.O=C(NS(=O)(=O)C(F)(F)F)C(F)(F)F. The molecule has 0 radical (unpaired) electrons. The van der Waals surface area contributed by atoms with Crippen molar-refractivity contribution < 1.29 is 44.1 Å². The zero-order valence-corrected chi connectivity index (χ0v) is 14.1. The predicted octanol–water partition coefficient (Wildman–Crippen LogP) is 2.60. The highest BCUT2D eigenvalue weighted by Crippen LogP contribution is 2.23. The third-order valence-corrected chi connectivity index (χ3v) is 3.63. The van der Waals surface area contributed by atoms with E-state index >= 15 is 0 Å². The number of carbonyl (C=O) groups excluding carboxylic acids is 1. The molecule has 0 saturated carbocycles. The minimum Gasteiger partial charge on any atom is -0.263 e. The molecule has 12 heteroatoms. The first-order chi connectivity index (χ1) is 11.2. The minimum atomic E-state index is -6.30. The highest BCUT2D eigenvalue weighted by molar-refractivity contribution is 7.90. The summed E-state index contributed by atoms with van der Waals surface area (Å²) in [6, 6.07) is 4.23. The summed E-state index contributed by atoms with van der Waals surface area (Å²) in [5.74, 6) is -3.20. The van der Waals surface area contributed by atoms with E-state index in [1.165, 1.54) is 18.4 Å². The molecule has 0 bridgehead atoms. The molecule has 1 amide bonds. The molecular formula is C13H17F6N2O3S+. The summed E-state index contributed by atoms with van der Waals surface area (Å²) in [5.41, 5.74) is -4.63. The number of carbonyl (C=O) groups is 1. The molecule has 1 aromatic heterocycles. The molecular weight excluding hydrogens is 378 g/mol. The van der Waals surface area contributed by atoms with E-state index in [-0.39, 0.29) is 4.72 Å². The standard InChI is InChI=1S/C10H16N.C3HF6NO3S/c1-3-4-7-11-8-5-6-10(2)9-11;4-2(5,6)1(11)10-14(12,13)3(7,8)9/h5-6,8-9H,3-4,7H2,1-2H3;(H,10,11)/q+1;. The van der Waals surface area contributed by atoms with Crippen LogP contribution in [-0.4, -0.2) is 26.0 Å². The molecule has 0 aliphatic carbocycles. The van der Waals surface area contributed by atoms with Gasteiger partial charge in [-0.3, -0.25) is 4.79 Å². The molecule has 144 valence electrons. The third kappa shape index (κ3) is 8.70. The van der Waals surface area contributed by atoms with Gasteiger partial charge in [0.25, 0.3) is 0 Å². The van der Waals surface area contributed by atoms with Crippen molar-refractivity contribution in [2.75, 3.05) is 0 Å². The average Bonchev–Trinajstić information content (AvgIpc) is 2.43. The van der Waals surface area contributed by atoms with Crippen LogP contribution in [0.3, 0.4) is 0 Å². The Hall–Kier alpha value is -1.85. The minimum absolute atomic E-state index is 0.181. The Morgan fingerprint density at radius 1 is 1.20 bits per heavy atom. The van der Waals surface area contributed by atoms with Crippen LogP contribution in [-0.2, 0) is 21.4 Å². The number of rotatable bonds is 4. The summed E-state index contributed by atoms with van der Waals surface area (Å²) in [7, 11) is -6.30. The number of hydrogen-bond acceptors (Lipinski definition) is 3. The van der Waals surface area contributed by atoms with E-state index in [1.54, 1.807) is 0 Å². The molecule has 0 aliphatic heterocycles. The van der Waals surface area contributed by atoms with Crippen LogP contribution in [0.1, 0.15) is 25.3 Å². The zero-order valence-electron chi connectivity index (χ0n) is 13.3. The maximum atomic E-state index is 11.4. The van der Waals surface area contributed by atoms with Gasteiger partial charge in [-0.2, -0.15) is 34.8 Å². The van der Waals surface area contributed by atoms with Gasteiger partial charge in [0.05, 0.1) is 0 Å². The number of amides is 1. The second-order valence-electron chi connectivity index (χ2n) is 4.85. The average molecular weight is 395 g/mol. The highest BCUT2D eigenvalue weighted by Gasteiger charge is 2.51. The summed E-state index contributed by atoms with van der Waals surface area (Å²) in [5, 5.41) is 0. The van der Waals surface area contributed by atoms with E-state index in [9.17, 15) is 39.6 Å². The van der Waals surface area contributed by atoms with Gasteiger partial charge in [0.2, 0.25) is 0 Å². The van der Waals surface area contributed by atoms with Gasteiger partial charge in [-0.1, -0.05) is 13.3 Å². The van der Waals surface area contributed by atoms with Crippen molar-refractivity contribution in [3.63, 3.8) is 0 Å². The lowest BCUT2D eigenvalue weighted by atomic mass is 10.3. The topological polar surface area (TPSA) is 67.1 Å². The van der Waals surface area contributed by atoms with E-state index in [0.29, 0.717) is 0 Å². The predicted molar refractivity (Wildman–Crippen MR) is 75.5 cm³/mol. The molecule has 1 aromatic rings. The van der Waals surface area contributed by atoms with Gasteiger partial charge in [0.1, 0.15) is 6.54 Å². The van der Waals surface area contributed by atoms with Crippen molar-refractivity contribution in [1.82, 2.24) is 4.72 Å². The summed E-state index contributed by atoms with van der Waals surface area (Å²) in [6.45, 7) is 5.50. The third-order valence-electron chi connectivity index (χ3n) is 2.57. The van der Waals surface area contributed by atoms with E-state index in [2.05, 4.69) is 42.9 Å². The van der Waals surface area contributed by atoms with E-state index in [1.807, 2.05) is 0 Å². The van der Waals surface area contributed by atoms with Gasteiger partial charge in [-0.05, 0) is 13.0 Å². The first-order valence-electron chi connectivity index (χ1n) is 6.86. The normalized spacial score (nSPS) is 12.2. The summed E-state index contributed by atoms with van der Waals surface area (Å²) < 4.78 is 90.2. The second-order valence-corrected chi connectivity index (χ2v) is 6.52. The number of halogens is 6. The van der Waals surface area contributed by atoms with Crippen LogP contribution >= 0.6 is 0 Å². The lowest BCUT2D eigenvalue weighted by Crippen LogP contribution is -2.46. The van der Waals surface area contributed by atoms with E-state index in [4.69, 9.17) is 0 Å². The second kappa shape index (κ2) is 9.02. The van der Waals surface area contributed by atoms with Crippen LogP contribution in [0.2, 0.25) is 0 Å². The first kappa shape index (κ1) is 23.1. The monoisotopic (exact) mass is 395 g/mol. The summed E-state index contributed by atoms with van der Waals surface area (Å²) in [6.07, 6.45) is 1.16. The largest absolute Gasteiger partial charge is 0.516 e. The Morgan fingerprint density at radius 2 is 1.76 bits per heavy atom. The number of aryl methyl sites for hydroxylation is 2. The van der Waals surface area contributed by atoms with Gasteiger partial charge in [0.15, 0.2) is 12.4 Å². The summed E-state index contributed by atoms with van der Waals surface area (Å²) in [4.78, 5) is 9.81. The molecule has 0 unspecified atom stereocenters. The lowest BCUT2D eigenvalue weighted by molar-refractivity contribution is -0.697. The van der Waals surface area contributed by atoms with Crippen molar-refractivity contribution in [3.05, 3.63) is 30.1 Å². The zero-order chi connectivity index (χ0) is 19.9. The molecule has 25 heavy (non-hydrogen) atoms. The Balaban J connectivity index is 0.000000472. The highest BCUT2D eigenvalue weighted by atomic mass is 32.2. The van der Waals surface area contributed by atoms with E-state index < -0.39 is 27.6 Å². The number of alkyl halides is 6. The number of hydrogen-bond donors (Lipinski definition) is 1. The Labute approximate surface area is 140 Å². The number of aromatic nitrogens is 1. The first-order valence-corrected chi connectivity index (χ1v) is 8.35. The van der Waals surface area contributed by atoms with Crippen LogP contribution in [0.4, 0.5) is 26.3 Å². The summed E-state index contributed by atoms with van der Waals surface area (Å²) >= 11 is 0. The molecule has 0 spiro atoms. The van der Waals surface area contributed by atoms with Gasteiger partial charge in [-0.25, -0.2) is 9.29 Å². The number of sulfonamides is 1. The smallest absolute Gasteiger partial charge is 0.263 e. The van der Waals surface area contributed by atoms with Crippen molar-refractivity contribution in [2.24, 2.45) is 0 Å². The Kier molecular flexibility index (Phi) is 8.35. The van der Waals surface area contributed by atoms with Crippen LogP contribution in [0, 0.1) is 6.92 Å². The van der Waals surface area contributed by atoms with Crippen LogP contribution in [0.5, 0.6) is 0 Å². The molecule has 1 rings (SSSR count). The number of unbranched alkanes of at least 4 members (excludes halogenated alkanes) is 1. The van der Waals surface area contributed by atoms with Crippen molar-refractivity contribution in [3.8, 4) is 0 Å². The molecule has 0 atom stereocenters. The van der Waals surface area contributed by atoms with Crippen LogP contribution in [0.25, 0.3) is 0 Å². The number of pyridine rings is 1. The van der Waals surface area contributed by atoms with Crippen molar-refractivity contribution in [1.29, 1.82) is 0 Å². The molecule has 0 aliphatic rings. The Morgan fingerprint density at radius 3 is 2.16 bits per heavy atom. The number of nitrogens with zero attached hydrogens (tertiary/aromatic N) is 1. The molecule has 0 saturated heterocycles.